The van der Waals surface area contributed by atoms with Crippen LogP contribution in [0.4, 0.5) is 4.39 Å². The first kappa shape index (κ1) is 20.5. The Kier molecular flexibility index (Phi) is 5.87. The highest BCUT2D eigenvalue weighted by molar-refractivity contribution is 7.99. The second-order valence-corrected chi connectivity index (χ2v) is 10.1. The van der Waals surface area contributed by atoms with E-state index in [0.29, 0.717) is 23.1 Å². The minimum absolute atomic E-state index is 0.0205. The van der Waals surface area contributed by atoms with Crippen LogP contribution in [0.5, 0.6) is 0 Å². The summed E-state index contributed by atoms with van der Waals surface area (Å²) in [7, 11) is -3.06. The van der Waals surface area contributed by atoms with E-state index in [2.05, 4.69) is 15.5 Å². The van der Waals surface area contributed by atoms with Crippen LogP contribution in [0.15, 0.2) is 59.8 Å². The summed E-state index contributed by atoms with van der Waals surface area (Å²) < 4.78 is 38.3. The van der Waals surface area contributed by atoms with E-state index in [0.717, 1.165) is 5.56 Å². The molecule has 1 amide bonds. The van der Waals surface area contributed by atoms with Gasteiger partial charge in [0.2, 0.25) is 5.91 Å². The first-order valence-electron chi connectivity index (χ1n) is 9.31. The van der Waals surface area contributed by atoms with Crippen LogP contribution in [0.25, 0.3) is 17.1 Å². The van der Waals surface area contributed by atoms with Crippen molar-refractivity contribution >= 4 is 27.5 Å². The number of nitrogens with zero attached hydrogens (tertiary/aromatic N) is 3. The molecule has 1 aromatic heterocycles. The van der Waals surface area contributed by atoms with Crippen molar-refractivity contribution < 1.29 is 17.6 Å². The van der Waals surface area contributed by atoms with Gasteiger partial charge in [0.15, 0.2) is 20.8 Å². The van der Waals surface area contributed by atoms with Crippen LogP contribution in [-0.4, -0.2) is 52.4 Å². The van der Waals surface area contributed by atoms with Crippen LogP contribution >= 0.6 is 11.8 Å². The van der Waals surface area contributed by atoms with E-state index in [1.165, 1.54) is 23.9 Å². The van der Waals surface area contributed by atoms with Gasteiger partial charge in [-0.05, 0) is 30.7 Å². The number of hydrogen-bond acceptors (Lipinski definition) is 6. The second-order valence-electron chi connectivity index (χ2n) is 6.94. The van der Waals surface area contributed by atoms with Crippen LogP contribution in [0, 0.1) is 5.82 Å². The molecule has 0 aliphatic carbocycles. The van der Waals surface area contributed by atoms with Crippen molar-refractivity contribution in [3.8, 4) is 17.1 Å². The number of hydrogen-bond donors (Lipinski definition) is 1. The average molecular weight is 447 g/mol. The molecule has 2 aromatic carbocycles. The highest BCUT2D eigenvalue weighted by atomic mass is 32.2. The first-order valence-corrected chi connectivity index (χ1v) is 12.1. The van der Waals surface area contributed by atoms with Crippen LogP contribution in [0.2, 0.25) is 0 Å². The van der Waals surface area contributed by atoms with Crippen molar-refractivity contribution in [3.63, 3.8) is 0 Å². The summed E-state index contributed by atoms with van der Waals surface area (Å²) in [5.41, 5.74) is 1.51. The molecule has 2 heterocycles. The van der Waals surface area contributed by atoms with Gasteiger partial charge in [0.1, 0.15) is 5.82 Å². The number of thioether (sulfide) groups is 1. The zero-order chi connectivity index (χ0) is 21.1. The molecule has 0 saturated carbocycles. The summed E-state index contributed by atoms with van der Waals surface area (Å²) in [6.45, 7) is 0. The number of carbonyl (C=O) groups is 1. The Morgan fingerprint density at radius 2 is 1.87 bits per heavy atom. The highest BCUT2D eigenvalue weighted by Gasteiger charge is 2.29. The number of carbonyl (C=O) groups excluding carboxylic acids is 1. The molecule has 156 valence electrons. The number of sulfone groups is 1. The van der Waals surface area contributed by atoms with Gasteiger partial charge in [0.05, 0.1) is 17.3 Å². The summed E-state index contributed by atoms with van der Waals surface area (Å²) in [5.74, 6) is 0.0970. The number of aromatic nitrogens is 3. The molecule has 0 spiro atoms. The van der Waals surface area contributed by atoms with E-state index in [1.54, 1.807) is 16.7 Å². The van der Waals surface area contributed by atoms with Gasteiger partial charge in [-0.1, -0.05) is 42.1 Å². The standard InChI is InChI=1S/C20H19FN4O3S2/c21-15-6-8-17(9-7-15)25-19(14-4-2-1-3-5-14)23-24-20(25)29-12-18(26)22-16-10-11-30(27,28)13-16/h1-9,16H,10-13H2,(H,22,26). The lowest BCUT2D eigenvalue weighted by atomic mass is 10.2. The monoisotopic (exact) mass is 446 g/mol. The molecule has 3 aromatic rings. The lowest BCUT2D eigenvalue weighted by molar-refractivity contribution is -0.119. The molecule has 1 saturated heterocycles. The Morgan fingerprint density at radius 1 is 1.13 bits per heavy atom. The maximum Gasteiger partial charge on any atom is 0.230 e. The third-order valence-corrected chi connectivity index (χ3v) is 7.38. The van der Waals surface area contributed by atoms with E-state index in [-0.39, 0.29) is 35.0 Å². The van der Waals surface area contributed by atoms with Gasteiger partial charge in [-0.3, -0.25) is 9.36 Å². The van der Waals surface area contributed by atoms with E-state index >= 15 is 0 Å². The molecular weight excluding hydrogens is 427 g/mol. The minimum Gasteiger partial charge on any atom is -0.352 e. The Morgan fingerprint density at radius 3 is 2.53 bits per heavy atom. The minimum atomic E-state index is -3.06. The fourth-order valence-electron chi connectivity index (χ4n) is 3.27. The smallest absolute Gasteiger partial charge is 0.230 e. The molecule has 1 aliphatic heterocycles. The molecule has 4 rings (SSSR count). The van der Waals surface area contributed by atoms with E-state index in [1.807, 2.05) is 30.3 Å². The van der Waals surface area contributed by atoms with Crippen molar-refractivity contribution in [2.75, 3.05) is 17.3 Å². The fourth-order valence-corrected chi connectivity index (χ4v) is 5.71. The predicted octanol–water partition coefficient (Wildman–Crippen LogP) is 2.47. The van der Waals surface area contributed by atoms with Crippen molar-refractivity contribution in [1.82, 2.24) is 20.1 Å². The van der Waals surface area contributed by atoms with Crippen molar-refractivity contribution in [3.05, 3.63) is 60.4 Å². The Bertz CT molecular complexity index is 1150. The lowest BCUT2D eigenvalue weighted by Gasteiger charge is -2.12. The van der Waals surface area contributed by atoms with Crippen molar-refractivity contribution in [1.29, 1.82) is 0 Å². The normalized spacial score (nSPS) is 17.7. The zero-order valence-corrected chi connectivity index (χ0v) is 17.5. The molecule has 1 atom stereocenters. The number of amides is 1. The molecule has 10 heteroatoms. The third kappa shape index (κ3) is 4.71. The topological polar surface area (TPSA) is 93.9 Å². The van der Waals surface area contributed by atoms with Gasteiger partial charge in [0.25, 0.3) is 0 Å². The first-order chi connectivity index (χ1) is 14.4. The lowest BCUT2D eigenvalue weighted by Crippen LogP contribution is -2.36. The molecule has 1 N–H and O–H groups in total. The third-order valence-electron chi connectivity index (χ3n) is 4.68. The molecule has 0 radical (unpaired) electrons. The van der Waals surface area contributed by atoms with Gasteiger partial charge in [-0.25, -0.2) is 12.8 Å². The Balaban J connectivity index is 1.55. The van der Waals surface area contributed by atoms with E-state index in [4.69, 9.17) is 0 Å². The van der Waals surface area contributed by atoms with Gasteiger partial charge in [-0.15, -0.1) is 10.2 Å². The maximum absolute atomic E-state index is 13.4. The molecule has 1 fully saturated rings. The van der Waals surface area contributed by atoms with Gasteiger partial charge < -0.3 is 5.32 Å². The highest BCUT2D eigenvalue weighted by Crippen LogP contribution is 2.28. The van der Waals surface area contributed by atoms with Crippen LogP contribution in [0.1, 0.15) is 6.42 Å². The predicted molar refractivity (Wildman–Crippen MR) is 113 cm³/mol. The van der Waals surface area contributed by atoms with Crippen LogP contribution in [-0.2, 0) is 14.6 Å². The van der Waals surface area contributed by atoms with E-state index < -0.39 is 9.84 Å². The number of halogens is 1. The molecule has 7 nitrogen and oxygen atoms in total. The summed E-state index contributed by atoms with van der Waals surface area (Å²) in [6.07, 6.45) is 0.433. The molecule has 1 aliphatic rings. The van der Waals surface area contributed by atoms with Gasteiger partial charge >= 0.3 is 0 Å². The quantitative estimate of drug-likeness (QED) is 0.585. The summed E-state index contributed by atoms with van der Waals surface area (Å²) in [6, 6.07) is 15.1. The number of rotatable bonds is 6. The Labute approximate surface area is 177 Å². The Hall–Kier alpha value is -2.72. The van der Waals surface area contributed by atoms with Crippen LogP contribution in [0.3, 0.4) is 0 Å². The molecule has 0 bridgehead atoms. The van der Waals surface area contributed by atoms with Crippen LogP contribution < -0.4 is 5.32 Å². The average Bonchev–Trinajstić information content (AvgIpc) is 3.30. The molecular formula is C20H19FN4O3S2. The SMILES string of the molecule is O=C(CSc1nnc(-c2ccccc2)n1-c1ccc(F)cc1)NC1CCS(=O)(=O)C1. The van der Waals surface area contributed by atoms with Gasteiger partial charge in [-0.2, -0.15) is 0 Å². The van der Waals surface area contributed by atoms with Crippen molar-refractivity contribution in [2.24, 2.45) is 0 Å². The fraction of sp³-hybridized carbons (Fsp3) is 0.250. The summed E-state index contributed by atoms with van der Waals surface area (Å²) >= 11 is 1.19. The number of nitrogens with one attached hydrogen (secondary N) is 1. The molecule has 1 unspecified atom stereocenters. The number of benzene rings is 2. The zero-order valence-electron chi connectivity index (χ0n) is 15.9. The van der Waals surface area contributed by atoms with Crippen molar-refractivity contribution in [2.45, 2.75) is 17.6 Å². The van der Waals surface area contributed by atoms with E-state index in [9.17, 15) is 17.6 Å². The molecule has 30 heavy (non-hydrogen) atoms. The largest absolute Gasteiger partial charge is 0.352 e. The maximum atomic E-state index is 13.4. The summed E-state index contributed by atoms with van der Waals surface area (Å²) in [5, 5.41) is 11.7. The second kappa shape index (κ2) is 8.57. The summed E-state index contributed by atoms with van der Waals surface area (Å²) in [4.78, 5) is 12.3. The van der Waals surface area contributed by atoms with Gasteiger partial charge in [0, 0.05) is 17.3 Å².